The number of carbonyl (C=O) groups is 2. The average molecular weight is 316 g/mol. The number of quaternary nitrogens is 1. The van der Waals surface area contributed by atoms with Gasteiger partial charge in [-0.15, -0.1) is 0 Å². The first-order valence-corrected chi connectivity index (χ1v) is 8.59. The van der Waals surface area contributed by atoms with Crippen molar-refractivity contribution in [2.45, 2.75) is 44.2 Å². The number of benzene rings is 1. The predicted octanol–water partition coefficient (Wildman–Crippen LogP) is -0.0265. The number of hydrogen-bond donors (Lipinski definition) is 3. The fraction of sp³-hybridized carbons (Fsp3) is 0.556. The van der Waals surface area contributed by atoms with Crippen LogP contribution in [0, 0.1) is 0 Å². The van der Waals surface area contributed by atoms with Gasteiger partial charge in [-0.25, -0.2) is 0 Å². The van der Waals surface area contributed by atoms with E-state index in [0.29, 0.717) is 19.1 Å². The molecule has 124 valence electrons. The van der Waals surface area contributed by atoms with Crippen molar-refractivity contribution in [3.63, 3.8) is 0 Å². The van der Waals surface area contributed by atoms with Crippen LogP contribution in [0.4, 0.5) is 0 Å². The summed E-state index contributed by atoms with van der Waals surface area (Å²) >= 11 is 0. The van der Waals surface area contributed by atoms with Gasteiger partial charge in [0.15, 0.2) is 13.1 Å². The van der Waals surface area contributed by atoms with Gasteiger partial charge in [0.1, 0.15) is 0 Å². The van der Waals surface area contributed by atoms with Gasteiger partial charge < -0.3 is 15.5 Å². The van der Waals surface area contributed by atoms with Crippen LogP contribution in [0.2, 0.25) is 0 Å². The molecule has 3 rings (SSSR count). The van der Waals surface area contributed by atoms with Crippen LogP contribution in [-0.2, 0) is 16.0 Å². The molecule has 2 aliphatic carbocycles. The highest BCUT2D eigenvalue weighted by Gasteiger charge is 2.26. The molecule has 2 amide bonds. The number of rotatable bonds is 6. The zero-order valence-corrected chi connectivity index (χ0v) is 13.7. The van der Waals surface area contributed by atoms with Gasteiger partial charge in [-0.2, -0.15) is 0 Å². The standard InChI is InChI=1S/C18H25N3O2/c1-21(11-17(22)19-14-9-10-14)12-18(23)20-16-8-4-6-13-5-2-3-7-15(13)16/h2-3,5,7,14,16H,4,6,8-12H2,1H3,(H,19,22)(H,20,23)/p+1/t16-/m0/s1. The Hall–Kier alpha value is -1.88. The molecule has 2 aliphatic rings. The summed E-state index contributed by atoms with van der Waals surface area (Å²) in [5, 5.41) is 6.10. The van der Waals surface area contributed by atoms with Crippen molar-refractivity contribution in [3.05, 3.63) is 35.4 Å². The van der Waals surface area contributed by atoms with Crippen LogP contribution >= 0.6 is 0 Å². The molecule has 0 spiro atoms. The Balaban J connectivity index is 1.48. The first-order chi connectivity index (χ1) is 11.1. The summed E-state index contributed by atoms with van der Waals surface area (Å²) in [5.41, 5.74) is 2.59. The van der Waals surface area contributed by atoms with E-state index >= 15 is 0 Å². The van der Waals surface area contributed by atoms with Gasteiger partial charge in [-0.05, 0) is 43.2 Å². The summed E-state index contributed by atoms with van der Waals surface area (Å²) in [4.78, 5) is 25.0. The lowest BCUT2D eigenvalue weighted by molar-refractivity contribution is -0.862. The molecular weight excluding hydrogens is 290 g/mol. The molecule has 0 heterocycles. The van der Waals surface area contributed by atoms with E-state index in [4.69, 9.17) is 0 Å². The Morgan fingerprint density at radius 3 is 2.52 bits per heavy atom. The van der Waals surface area contributed by atoms with Crippen LogP contribution in [0.1, 0.15) is 42.9 Å². The van der Waals surface area contributed by atoms with E-state index in [1.807, 2.05) is 13.1 Å². The predicted molar refractivity (Wildman–Crippen MR) is 88.0 cm³/mol. The Labute approximate surface area is 137 Å². The first kappa shape index (κ1) is 16.0. The van der Waals surface area contributed by atoms with Gasteiger partial charge in [0.25, 0.3) is 11.8 Å². The van der Waals surface area contributed by atoms with Crippen LogP contribution in [-0.4, -0.2) is 38.0 Å². The molecule has 1 fully saturated rings. The number of fused-ring (bicyclic) bond motifs is 1. The van der Waals surface area contributed by atoms with Crippen molar-refractivity contribution in [2.75, 3.05) is 20.1 Å². The smallest absolute Gasteiger partial charge is 0.275 e. The Morgan fingerprint density at radius 2 is 1.78 bits per heavy atom. The fourth-order valence-electron chi connectivity index (χ4n) is 3.27. The van der Waals surface area contributed by atoms with Crippen molar-refractivity contribution in [1.82, 2.24) is 10.6 Å². The minimum absolute atomic E-state index is 0.0171. The molecule has 2 atom stereocenters. The second-order valence-electron chi connectivity index (χ2n) is 6.86. The molecule has 1 unspecified atom stereocenters. The number of likely N-dealkylation sites (N-methyl/N-ethyl adjacent to an activating group) is 1. The maximum atomic E-state index is 12.3. The van der Waals surface area contributed by atoms with E-state index in [-0.39, 0.29) is 17.9 Å². The highest BCUT2D eigenvalue weighted by atomic mass is 16.2. The third-order valence-corrected chi connectivity index (χ3v) is 4.57. The summed E-state index contributed by atoms with van der Waals surface area (Å²) < 4.78 is 0. The van der Waals surface area contributed by atoms with E-state index in [1.165, 1.54) is 11.1 Å². The first-order valence-electron chi connectivity index (χ1n) is 8.59. The van der Waals surface area contributed by atoms with E-state index in [2.05, 4.69) is 28.8 Å². The van der Waals surface area contributed by atoms with Crippen molar-refractivity contribution in [2.24, 2.45) is 0 Å². The molecule has 0 aliphatic heterocycles. The summed E-state index contributed by atoms with van der Waals surface area (Å²) in [5.74, 6) is 0.0595. The maximum absolute atomic E-state index is 12.3. The highest BCUT2D eigenvalue weighted by Crippen LogP contribution is 2.29. The van der Waals surface area contributed by atoms with Gasteiger partial charge in [-0.1, -0.05) is 24.3 Å². The van der Waals surface area contributed by atoms with Crippen LogP contribution < -0.4 is 15.5 Å². The van der Waals surface area contributed by atoms with E-state index in [0.717, 1.165) is 37.0 Å². The molecule has 5 heteroatoms. The summed E-state index contributed by atoms with van der Waals surface area (Å²) in [7, 11) is 1.89. The molecule has 0 bridgehead atoms. The van der Waals surface area contributed by atoms with Crippen molar-refractivity contribution in [1.29, 1.82) is 0 Å². The lowest BCUT2D eigenvalue weighted by Gasteiger charge is -2.26. The van der Waals surface area contributed by atoms with E-state index < -0.39 is 0 Å². The molecule has 1 aromatic rings. The minimum Gasteiger partial charge on any atom is -0.348 e. The highest BCUT2D eigenvalue weighted by molar-refractivity contribution is 5.79. The monoisotopic (exact) mass is 316 g/mol. The molecule has 1 saturated carbocycles. The second kappa shape index (κ2) is 7.13. The number of amides is 2. The lowest BCUT2D eigenvalue weighted by atomic mass is 9.88. The van der Waals surface area contributed by atoms with Crippen LogP contribution in [0.5, 0.6) is 0 Å². The zero-order chi connectivity index (χ0) is 16.2. The van der Waals surface area contributed by atoms with E-state index in [1.54, 1.807) is 0 Å². The van der Waals surface area contributed by atoms with E-state index in [9.17, 15) is 9.59 Å². The van der Waals surface area contributed by atoms with Crippen LogP contribution in [0.15, 0.2) is 24.3 Å². The van der Waals surface area contributed by atoms with Gasteiger partial charge in [0.2, 0.25) is 0 Å². The molecule has 3 N–H and O–H groups in total. The van der Waals surface area contributed by atoms with Crippen molar-refractivity contribution in [3.8, 4) is 0 Å². The molecule has 23 heavy (non-hydrogen) atoms. The van der Waals surface area contributed by atoms with Crippen molar-refractivity contribution < 1.29 is 14.5 Å². The largest absolute Gasteiger partial charge is 0.348 e. The Bertz CT molecular complexity index is 583. The summed E-state index contributed by atoms with van der Waals surface area (Å²) in [6.07, 6.45) is 5.37. The Morgan fingerprint density at radius 1 is 1.09 bits per heavy atom. The quantitative estimate of drug-likeness (QED) is 0.690. The van der Waals surface area contributed by atoms with Crippen molar-refractivity contribution >= 4 is 11.8 Å². The lowest BCUT2D eigenvalue weighted by Crippen LogP contribution is -3.11. The molecule has 0 aromatic heterocycles. The third kappa shape index (κ3) is 4.55. The normalized spacial score (nSPS) is 21.2. The van der Waals surface area contributed by atoms with Gasteiger partial charge in [0, 0.05) is 6.04 Å². The van der Waals surface area contributed by atoms with Crippen LogP contribution in [0.25, 0.3) is 0 Å². The maximum Gasteiger partial charge on any atom is 0.275 e. The van der Waals surface area contributed by atoms with Gasteiger partial charge in [-0.3, -0.25) is 9.59 Å². The van der Waals surface area contributed by atoms with Crippen LogP contribution in [0.3, 0.4) is 0 Å². The topological polar surface area (TPSA) is 62.6 Å². The Kier molecular flexibility index (Phi) is 4.96. The molecule has 0 saturated heterocycles. The SMILES string of the molecule is C[NH+](CC(=O)NC1CC1)CC(=O)N[C@H]1CCCc2ccccc21. The number of hydrogen-bond acceptors (Lipinski definition) is 2. The minimum atomic E-state index is 0.0171. The molecule has 1 aromatic carbocycles. The number of aryl methyl sites for hydroxylation is 1. The molecular formula is C18H26N3O2+. The second-order valence-corrected chi connectivity index (χ2v) is 6.86. The summed E-state index contributed by atoms with van der Waals surface area (Å²) in [6, 6.07) is 8.83. The summed E-state index contributed by atoms with van der Waals surface area (Å²) in [6.45, 7) is 0.682. The number of carbonyl (C=O) groups excluding carboxylic acids is 2. The molecule has 0 radical (unpaired) electrons. The third-order valence-electron chi connectivity index (χ3n) is 4.57. The molecule has 5 nitrogen and oxygen atoms in total. The fourth-order valence-corrected chi connectivity index (χ4v) is 3.27. The van der Waals surface area contributed by atoms with Gasteiger partial charge >= 0.3 is 0 Å². The zero-order valence-electron chi connectivity index (χ0n) is 13.7. The number of nitrogens with one attached hydrogen (secondary N) is 3. The average Bonchev–Trinajstić information content (AvgIpc) is 3.31. The van der Waals surface area contributed by atoms with Gasteiger partial charge in [0.05, 0.1) is 13.1 Å².